The fraction of sp³-hybridized carbons (Fsp3) is 0.417. The number of halogens is 1. The van der Waals surface area contributed by atoms with E-state index in [-0.39, 0.29) is 30.9 Å². The topological polar surface area (TPSA) is 70.7 Å². The number of hydrogen-bond donors (Lipinski definition) is 2. The second-order valence-corrected chi connectivity index (χ2v) is 8.25. The maximum Gasteiger partial charge on any atom is 0.243 e. The molecule has 1 heterocycles. The van der Waals surface area contributed by atoms with Crippen LogP contribution in [-0.4, -0.2) is 43.5 Å². The molecular weight excluding hydrogens is 414 g/mol. The van der Waals surface area contributed by atoms with Crippen LogP contribution in [0.15, 0.2) is 42.5 Å². The molecule has 2 N–H and O–H groups in total. The Morgan fingerprint density at radius 2 is 1.87 bits per heavy atom. The minimum atomic E-state index is -0.277. The zero-order valence-electron chi connectivity index (χ0n) is 18.1. The van der Waals surface area contributed by atoms with Crippen molar-refractivity contribution in [3.05, 3.63) is 58.6 Å². The molecule has 0 radical (unpaired) electrons. The van der Waals surface area contributed by atoms with Crippen LogP contribution >= 0.6 is 11.6 Å². The second kappa shape index (κ2) is 11.2. The highest BCUT2D eigenvalue weighted by Crippen LogP contribution is 2.31. The molecule has 166 valence electrons. The number of carbonyl (C=O) groups excluding carboxylic acids is 2. The molecule has 0 aromatic heterocycles. The summed E-state index contributed by atoms with van der Waals surface area (Å²) in [4.78, 5) is 27.1. The van der Waals surface area contributed by atoms with E-state index in [0.29, 0.717) is 10.7 Å². The predicted molar refractivity (Wildman–Crippen MR) is 124 cm³/mol. The molecule has 1 atom stereocenters. The minimum absolute atomic E-state index is 0.0776. The van der Waals surface area contributed by atoms with E-state index in [1.165, 1.54) is 5.56 Å². The molecule has 1 fully saturated rings. The lowest BCUT2D eigenvalue weighted by atomic mass is 10.0. The van der Waals surface area contributed by atoms with Gasteiger partial charge in [-0.1, -0.05) is 42.6 Å². The van der Waals surface area contributed by atoms with E-state index in [4.69, 9.17) is 16.3 Å². The van der Waals surface area contributed by atoms with E-state index in [2.05, 4.69) is 27.7 Å². The molecule has 1 aliphatic heterocycles. The van der Waals surface area contributed by atoms with Crippen LogP contribution in [0, 0.1) is 6.92 Å². The molecule has 2 aromatic rings. The summed E-state index contributed by atoms with van der Waals surface area (Å²) in [5.41, 5.74) is 2.64. The van der Waals surface area contributed by atoms with Crippen LogP contribution in [-0.2, 0) is 9.59 Å². The Hall–Kier alpha value is -2.57. The lowest BCUT2D eigenvalue weighted by Gasteiger charge is -2.29. The van der Waals surface area contributed by atoms with E-state index < -0.39 is 0 Å². The number of likely N-dealkylation sites (tertiary alicyclic amines) is 1. The number of rotatable bonds is 7. The van der Waals surface area contributed by atoms with Crippen molar-refractivity contribution in [1.82, 2.24) is 10.2 Å². The monoisotopic (exact) mass is 443 g/mol. The van der Waals surface area contributed by atoms with Crippen molar-refractivity contribution in [3.8, 4) is 5.75 Å². The first-order valence-corrected chi connectivity index (χ1v) is 11.1. The smallest absolute Gasteiger partial charge is 0.243 e. The minimum Gasteiger partial charge on any atom is -0.497 e. The Morgan fingerprint density at radius 3 is 2.61 bits per heavy atom. The Morgan fingerprint density at radius 1 is 1.10 bits per heavy atom. The number of nitrogens with zero attached hydrogens (tertiary/aromatic N) is 1. The van der Waals surface area contributed by atoms with Crippen molar-refractivity contribution in [2.45, 2.75) is 38.6 Å². The van der Waals surface area contributed by atoms with Crippen LogP contribution in [0.1, 0.15) is 42.9 Å². The Bertz CT molecular complexity index is 901. The van der Waals surface area contributed by atoms with Gasteiger partial charge in [-0.2, -0.15) is 0 Å². The molecule has 3 rings (SSSR count). The third-order valence-electron chi connectivity index (χ3n) is 5.70. The number of carbonyl (C=O) groups is 2. The average Bonchev–Trinajstić information content (AvgIpc) is 3.01. The van der Waals surface area contributed by atoms with Crippen LogP contribution in [0.4, 0.5) is 5.69 Å². The largest absolute Gasteiger partial charge is 0.497 e. The zero-order chi connectivity index (χ0) is 22.2. The van der Waals surface area contributed by atoms with E-state index >= 15 is 0 Å². The first-order chi connectivity index (χ1) is 15.0. The number of hydrogen-bond acceptors (Lipinski definition) is 4. The van der Waals surface area contributed by atoms with Crippen molar-refractivity contribution in [2.75, 3.05) is 32.1 Å². The highest BCUT2D eigenvalue weighted by molar-refractivity contribution is 6.31. The van der Waals surface area contributed by atoms with Gasteiger partial charge in [-0.25, -0.2) is 0 Å². The lowest BCUT2D eigenvalue weighted by molar-refractivity contribution is -0.125. The molecule has 2 aromatic carbocycles. The molecule has 0 spiro atoms. The van der Waals surface area contributed by atoms with Crippen LogP contribution in [0.25, 0.3) is 0 Å². The van der Waals surface area contributed by atoms with Gasteiger partial charge in [0.2, 0.25) is 11.8 Å². The van der Waals surface area contributed by atoms with Crippen molar-refractivity contribution in [2.24, 2.45) is 0 Å². The van der Waals surface area contributed by atoms with Crippen molar-refractivity contribution < 1.29 is 14.3 Å². The molecule has 31 heavy (non-hydrogen) atoms. The third kappa shape index (κ3) is 6.45. The van der Waals surface area contributed by atoms with Gasteiger partial charge in [-0.15, -0.1) is 0 Å². The normalized spacial score (nSPS) is 16.9. The van der Waals surface area contributed by atoms with E-state index in [0.717, 1.165) is 43.5 Å². The maximum atomic E-state index is 12.6. The fourth-order valence-corrected chi connectivity index (χ4v) is 4.09. The second-order valence-electron chi connectivity index (χ2n) is 7.85. The summed E-state index contributed by atoms with van der Waals surface area (Å²) in [6.07, 6.45) is 4.37. The summed E-state index contributed by atoms with van der Waals surface area (Å²) < 4.78 is 5.26. The van der Waals surface area contributed by atoms with Crippen molar-refractivity contribution in [3.63, 3.8) is 0 Å². The highest BCUT2D eigenvalue weighted by atomic mass is 35.5. The van der Waals surface area contributed by atoms with Crippen molar-refractivity contribution in [1.29, 1.82) is 0 Å². The summed E-state index contributed by atoms with van der Waals surface area (Å²) in [5.74, 6) is 0.391. The number of nitrogens with one attached hydrogen (secondary N) is 2. The Balaban J connectivity index is 1.56. The lowest BCUT2D eigenvalue weighted by Crippen LogP contribution is -2.41. The van der Waals surface area contributed by atoms with Crippen LogP contribution in [0.5, 0.6) is 5.75 Å². The molecule has 0 aliphatic carbocycles. The average molecular weight is 444 g/mol. The maximum absolute atomic E-state index is 12.6. The summed E-state index contributed by atoms with van der Waals surface area (Å²) in [6, 6.07) is 13.6. The predicted octanol–water partition coefficient (Wildman–Crippen LogP) is 4.33. The molecular formula is C24H30ClN3O3. The first-order valence-electron chi connectivity index (χ1n) is 10.7. The number of amides is 2. The van der Waals surface area contributed by atoms with E-state index in [9.17, 15) is 9.59 Å². The number of methoxy groups -OCH3 is 1. The zero-order valence-corrected chi connectivity index (χ0v) is 18.9. The summed E-state index contributed by atoms with van der Waals surface area (Å²) in [6.45, 7) is 2.89. The molecule has 0 saturated carbocycles. The van der Waals surface area contributed by atoms with Gasteiger partial charge in [0.1, 0.15) is 5.75 Å². The third-order valence-corrected chi connectivity index (χ3v) is 6.11. The van der Waals surface area contributed by atoms with Gasteiger partial charge in [0.05, 0.1) is 20.2 Å². The van der Waals surface area contributed by atoms with Crippen molar-refractivity contribution >= 4 is 29.1 Å². The molecule has 2 amide bonds. The summed E-state index contributed by atoms with van der Waals surface area (Å²) in [7, 11) is 1.65. The number of benzene rings is 2. The molecule has 1 saturated heterocycles. The highest BCUT2D eigenvalue weighted by Gasteiger charge is 2.24. The van der Waals surface area contributed by atoms with Crippen LogP contribution in [0.2, 0.25) is 5.02 Å². The first kappa shape index (κ1) is 23.1. The van der Waals surface area contributed by atoms with Gasteiger partial charge in [0, 0.05) is 16.8 Å². The molecule has 7 heteroatoms. The van der Waals surface area contributed by atoms with E-state index in [1.807, 2.05) is 19.1 Å². The van der Waals surface area contributed by atoms with Gasteiger partial charge in [0.15, 0.2) is 0 Å². The molecule has 6 nitrogen and oxygen atoms in total. The molecule has 1 aliphatic rings. The van der Waals surface area contributed by atoms with Gasteiger partial charge < -0.3 is 15.4 Å². The van der Waals surface area contributed by atoms with Crippen LogP contribution in [0.3, 0.4) is 0 Å². The van der Waals surface area contributed by atoms with Crippen LogP contribution < -0.4 is 15.4 Å². The van der Waals surface area contributed by atoms with Gasteiger partial charge in [0.25, 0.3) is 0 Å². The SMILES string of the molecule is COc1ccc([C@H]2CCCCCN2CC(=O)NCC(=O)Nc2cccc(Cl)c2C)cc1. The summed E-state index contributed by atoms with van der Waals surface area (Å²) in [5, 5.41) is 6.14. The van der Waals surface area contributed by atoms with Gasteiger partial charge in [-0.3, -0.25) is 14.5 Å². The number of ether oxygens (including phenoxy) is 1. The number of anilines is 1. The quantitative estimate of drug-likeness (QED) is 0.668. The van der Waals surface area contributed by atoms with Gasteiger partial charge >= 0.3 is 0 Å². The summed E-state index contributed by atoms with van der Waals surface area (Å²) >= 11 is 6.09. The molecule has 0 unspecified atom stereocenters. The van der Waals surface area contributed by atoms with E-state index in [1.54, 1.807) is 25.3 Å². The van der Waals surface area contributed by atoms with Gasteiger partial charge in [-0.05, 0) is 61.7 Å². The standard InChI is InChI=1S/C24H30ClN3O3/c1-17-20(25)7-6-8-21(17)27-23(29)15-26-24(30)16-28-14-5-3-4-9-22(28)18-10-12-19(31-2)13-11-18/h6-8,10-13,22H,3-5,9,14-16H2,1-2H3,(H,26,30)(H,27,29)/t22-/m1/s1. The Labute approximate surface area is 188 Å². The molecule has 0 bridgehead atoms. The Kier molecular flexibility index (Phi) is 8.32. The fourth-order valence-electron chi connectivity index (χ4n) is 3.92.